The maximum absolute atomic E-state index is 4.68. The van der Waals surface area contributed by atoms with Crippen LogP contribution in [0.1, 0.15) is 25.0 Å². The second-order valence-corrected chi connectivity index (χ2v) is 6.65. The van der Waals surface area contributed by atoms with Crippen LogP contribution in [0.2, 0.25) is 0 Å². The molecular formula is C19H23N3S. The number of fused-ring (bicyclic) bond motifs is 1. The summed E-state index contributed by atoms with van der Waals surface area (Å²) < 4.78 is 1.25. The second kappa shape index (κ2) is 7.57. The zero-order valence-electron chi connectivity index (χ0n) is 13.7. The molecule has 0 fully saturated rings. The van der Waals surface area contributed by atoms with Crippen LogP contribution in [-0.4, -0.2) is 23.0 Å². The van der Waals surface area contributed by atoms with Crippen LogP contribution in [0.25, 0.3) is 10.2 Å². The Kier molecular flexibility index (Phi) is 5.26. The highest BCUT2D eigenvalue weighted by molar-refractivity contribution is 7.22. The van der Waals surface area contributed by atoms with Crippen LogP contribution >= 0.6 is 11.3 Å². The maximum Gasteiger partial charge on any atom is 0.184 e. The van der Waals surface area contributed by atoms with Gasteiger partial charge in [0.25, 0.3) is 0 Å². The lowest BCUT2D eigenvalue weighted by molar-refractivity contribution is 0.296. The van der Waals surface area contributed by atoms with Crippen molar-refractivity contribution in [3.8, 4) is 0 Å². The number of benzene rings is 2. The van der Waals surface area contributed by atoms with Gasteiger partial charge >= 0.3 is 0 Å². The number of thiazole rings is 1. The van der Waals surface area contributed by atoms with Crippen molar-refractivity contribution in [2.45, 2.75) is 26.9 Å². The fraction of sp³-hybridized carbons (Fsp3) is 0.316. The van der Waals surface area contributed by atoms with Crippen LogP contribution in [0.3, 0.4) is 0 Å². The fourth-order valence-electron chi connectivity index (χ4n) is 2.62. The first-order valence-corrected chi connectivity index (χ1v) is 8.99. The van der Waals surface area contributed by atoms with E-state index < -0.39 is 0 Å². The smallest absolute Gasteiger partial charge is 0.184 e. The van der Waals surface area contributed by atoms with Crippen molar-refractivity contribution in [2.75, 3.05) is 18.4 Å². The molecule has 4 heteroatoms. The Morgan fingerprint density at radius 2 is 1.78 bits per heavy atom. The first kappa shape index (κ1) is 16.0. The van der Waals surface area contributed by atoms with Crippen LogP contribution in [0.15, 0.2) is 48.5 Å². The lowest BCUT2D eigenvalue weighted by Gasteiger charge is -2.17. The van der Waals surface area contributed by atoms with E-state index in [0.717, 1.165) is 36.8 Å². The van der Waals surface area contributed by atoms with Crippen LogP contribution in [-0.2, 0) is 13.1 Å². The minimum Gasteiger partial charge on any atom is -0.357 e. The molecule has 0 spiro atoms. The van der Waals surface area contributed by atoms with E-state index in [1.165, 1.54) is 15.8 Å². The Labute approximate surface area is 142 Å². The molecule has 1 heterocycles. The van der Waals surface area contributed by atoms with E-state index in [2.05, 4.69) is 71.5 Å². The van der Waals surface area contributed by atoms with E-state index in [1.807, 2.05) is 6.07 Å². The number of rotatable bonds is 7. The Morgan fingerprint density at radius 1 is 1.00 bits per heavy atom. The lowest BCUT2D eigenvalue weighted by atomic mass is 10.2. The summed E-state index contributed by atoms with van der Waals surface area (Å²) in [6.07, 6.45) is 0. The van der Waals surface area contributed by atoms with E-state index in [1.54, 1.807) is 11.3 Å². The molecule has 0 bridgehead atoms. The number of hydrogen-bond donors (Lipinski definition) is 1. The molecule has 0 aliphatic rings. The zero-order chi connectivity index (χ0) is 16.1. The molecule has 120 valence electrons. The minimum atomic E-state index is 0.812. The monoisotopic (exact) mass is 325 g/mol. The standard InChI is InChI=1S/C19H23N3S/c1-3-22(4-2)14-16-10-11-17-18(12-16)23-19(21-17)20-13-15-8-6-5-7-9-15/h5-12H,3-4,13-14H2,1-2H3,(H,20,21). The van der Waals surface area contributed by atoms with Crippen molar-refractivity contribution < 1.29 is 0 Å². The maximum atomic E-state index is 4.68. The van der Waals surface area contributed by atoms with E-state index in [9.17, 15) is 0 Å². The van der Waals surface area contributed by atoms with Gasteiger partial charge in [-0.3, -0.25) is 4.90 Å². The Bertz CT molecular complexity index is 748. The third kappa shape index (κ3) is 4.09. The predicted molar refractivity (Wildman–Crippen MR) is 100 cm³/mol. The summed E-state index contributed by atoms with van der Waals surface area (Å²) in [6, 6.07) is 17.0. The lowest BCUT2D eigenvalue weighted by Crippen LogP contribution is -2.21. The molecule has 1 N–H and O–H groups in total. The molecule has 0 atom stereocenters. The molecule has 0 unspecified atom stereocenters. The zero-order valence-corrected chi connectivity index (χ0v) is 14.6. The first-order valence-electron chi connectivity index (χ1n) is 8.18. The normalized spacial score (nSPS) is 11.3. The molecular weight excluding hydrogens is 302 g/mol. The number of nitrogens with zero attached hydrogens (tertiary/aromatic N) is 2. The third-order valence-electron chi connectivity index (χ3n) is 4.04. The van der Waals surface area contributed by atoms with E-state index in [0.29, 0.717) is 0 Å². The van der Waals surface area contributed by atoms with E-state index in [4.69, 9.17) is 0 Å². The van der Waals surface area contributed by atoms with Gasteiger partial charge < -0.3 is 5.32 Å². The quantitative estimate of drug-likeness (QED) is 0.679. The molecule has 3 nitrogen and oxygen atoms in total. The molecule has 0 aliphatic heterocycles. The molecule has 0 radical (unpaired) electrons. The molecule has 3 aromatic rings. The highest BCUT2D eigenvalue weighted by Crippen LogP contribution is 2.27. The van der Waals surface area contributed by atoms with Gasteiger partial charge in [-0.25, -0.2) is 4.98 Å². The predicted octanol–water partition coefficient (Wildman–Crippen LogP) is 4.75. The van der Waals surface area contributed by atoms with Gasteiger partial charge in [-0.15, -0.1) is 0 Å². The largest absolute Gasteiger partial charge is 0.357 e. The van der Waals surface area contributed by atoms with Gasteiger partial charge in [0.15, 0.2) is 5.13 Å². The summed E-state index contributed by atoms with van der Waals surface area (Å²) >= 11 is 1.73. The highest BCUT2D eigenvalue weighted by Gasteiger charge is 2.06. The third-order valence-corrected chi connectivity index (χ3v) is 5.02. The Hall–Kier alpha value is -1.91. The van der Waals surface area contributed by atoms with Crippen molar-refractivity contribution in [1.82, 2.24) is 9.88 Å². The topological polar surface area (TPSA) is 28.2 Å². The molecule has 3 rings (SSSR count). The van der Waals surface area contributed by atoms with Gasteiger partial charge in [-0.2, -0.15) is 0 Å². The summed E-state index contributed by atoms with van der Waals surface area (Å²) in [4.78, 5) is 7.11. The van der Waals surface area contributed by atoms with Gasteiger partial charge in [0.1, 0.15) is 0 Å². The average Bonchev–Trinajstić information content (AvgIpc) is 3.01. The second-order valence-electron chi connectivity index (χ2n) is 5.62. The SMILES string of the molecule is CCN(CC)Cc1ccc2nc(NCc3ccccc3)sc2c1. The number of aromatic nitrogens is 1. The number of anilines is 1. The van der Waals surface area contributed by atoms with Gasteiger partial charge in [-0.05, 0) is 36.3 Å². The fourth-order valence-corrected chi connectivity index (χ4v) is 3.55. The first-order chi connectivity index (χ1) is 11.3. The van der Waals surface area contributed by atoms with Crippen LogP contribution in [0.5, 0.6) is 0 Å². The van der Waals surface area contributed by atoms with Gasteiger partial charge in [0.05, 0.1) is 10.2 Å². The van der Waals surface area contributed by atoms with Crippen molar-refractivity contribution in [2.24, 2.45) is 0 Å². The summed E-state index contributed by atoms with van der Waals surface area (Å²) in [6.45, 7) is 8.41. The van der Waals surface area contributed by atoms with Gasteiger partial charge in [0.2, 0.25) is 0 Å². The molecule has 1 aromatic heterocycles. The van der Waals surface area contributed by atoms with Gasteiger partial charge in [0, 0.05) is 13.1 Å². The van der Waals surface area contributed by atoms with Crippen LogP contribution in [0, 0.1) is 0 Å². The summed E-state index contributed by atoms with van der Waals surface area (Å²) in [5, 5.41) is 4.42. The Balaban J connectivity index is 1.71. The van der Waals surface area contributed by atoms with E-state index in [-0.39, 0.29) is 0 Å². The highest BCUT2D eigenvalue weighted by atomic mass is 32.1. The van der Waals surface area contributed by atoms with Crippen LogP contribution < -0.4 is 5.32 Å². The Morgan fingerprint density at radius 3 is 2.52 bits per heavy atom. The molecule has 0 saturated carbocycles. The average molecular weight is 325 g/mol. The molecule has 2 aromatic carbocycles. The van der Waals surface area contributed by atoms with Crippen molar-refractivity contribution in [1.29, 1.82) is 0 Å². The number of hydrogen-bond acceptors (Lipinski definition) is 4. The molecule has 0 aliphatic carbocycles. The molecule has 0 amide bonds. The van der Waals surface area contributed by atoms with Gasteiger partial charge in [-0.1, -0.05) is 61.6 Å². The van der Waals surface area contributed by atoms with Crippen LogP contribution in [0.4, 0.5) is 5.13 Å². The van der Waals surface area contributed by atoms with Crippen molar-refractivity contribution in [3.63, 3.8) is 0 Å². The van der Waals surface area contributed by atoms with Crippen molar-refractivity contribution in [3.05, 3.63) is 59.7 Å². The number of nitrogens with one attached hydrogen (secondary N) is 1. The molecule has 23 heavy (non-hydrogen) atoms. The summed E-state index contributed by atoms with van der Waals surface area (Å²) in [5.74, 6) is 0. The van der Waals surface area contributed by atoms with E-state index >= 15 is 0 Å². The summed E-state index contributed by atoms with van der Waals surface area (Å²) in [5.41, 5.74) is 3.71. The molecule has 0 saturated heterocycles. The van der Waals surface area contributed by atoms with Crippen molar-refractivity contribution >= 4 is 26.7 Å². The summed E-state index contributed by atoms with van der Waals surface area (Å²) in [7, 11) is 0. The minimum absolute atomic E-state index is 0.812.